The Morgan fingerprint density at radius 2 is 1.61 bits per heavy atom. The van der Waals surface area contributed by atoms with E-state index in [0.29, 0.717) is 0 Å². The van der Waals surface area contributed by atoms with Crippen LogP contribution in [0.4, 0.5) is 0 Å². The Morgan fingerprint density at radius 1 is 0.871 bits per heavy atom. The maximum Gasteiger partial charge on any atom is 0.328 e. The lowest BCUT2D eigenvalue weighted by Gasteiger charge is -2.17. The normalized spacial score (nSPS) is 12.2. The number of pyridine rings is 1. The second-order valence-corrected chi connectivity index (χ2v) is 7.30. The molecule has 1 heterocycles. The smallest absolute Gasteiger partial charge is 0.328 e. The van der Waals surface area contributed by atoms with Crippen molar-refractivity contribution in [3.63, 3.8) is 0 Å². The number of nitrogens with zero attached hydrogens (tertiary/aromatic N) is 1. The molecule has 0 saturated carbocycles. The number of benzene rings is 3. The minimum Gasteiger partial charge on any atom is -0.478 e. The molecule has 0 aliphatic rings. The standard InChI is InChI=1S/C28H23NO2/c1-2-26(22-6-4-3-5-7-22)28(23-11-8-20(9-12-23)10-15-27(30)31)24-14-13-21-16-17-29-19-25(21)18-24/h3-19H,2H2,1H3,(H,30,31)/b15-10+,28-26+. The SMILES string of the molecule is CC/C(=C(/c1ccc(/C=C/C(=O)O)cc1)c1ccc2ccncc2c1)c1ccccc1. The highest BCUT2D eigenvalue weighted by Crippen LogP contribution is 2.35. The fourth-order valence-electron chi connectivity index (χ4n) is 3.85. The quantitative estimate of drug-likeness (QED) is 0.287. The fourth-order valence-corrected chi connectivity index (χ4v) is 3.85. The molecular weight excluding hydrogens is 382 g/mol. The third-order valence-electron chi connectivity index (χ3n) is 5.32. The number of fused-ring (bicyclic) bond motifs is 1. The number of carbonyl (C=O) groups is 1. The van der Waals surface area contributed by atoms with Gasteiger partial charge in [0.2, 0.25) is 0 Å². The number of rotatable bonds is 6. The number of carboxylic acids is 1. The van der Waals surface area contributed by atoms with Gasteiger partial charge in [0.1, 0.15) is 0 Å². The average molecular weight is 405 g/mol. The molecule has 0 amide bonds. The lowest BCUT2D eigenvalue weighted by atomic mass is 9.87. The molecule has 4 aromatic rings. The summed E-state index contributed by atoms with van der Waals surface area (Å²) in [5.74, 6) is -0.952. The lowest BCUT2D eigenvalue weighted by Crippen LogP contribution is -1.95. The molecule has 4 rings (SSSR count). The second-order valence-electron chi connectivity index (χ2n) is 7.30. The molecule has 0 saturated heterocycles. The van der Waals surface area contributed by atoms with Crippen molar-refractivity contribution in [2.24, 2.45) is 0 Å². The first-order valence-corrected chi connectivity index (χ1v) is 10.3. The number of aromatic nitrogens is 1. The van der Waals surface area contributed by atoms with Crippen molar-refractivity contribution in [1.82, 2.24) is 4.98 Å². The average Bonchev–Trinajstić information content (AvgIpc) is 2.82. The zero-order valence-electron chi connectivity index (χ0n) is 17.3. The van der Waals surface area contributed by atoms with E-state index in [0.717, 1.165) is 40.0 Å². The first-order chi connectivity index (χ1) is 15.2. The summed E-state index contributed by atoms with van der Waals surface area (Å²) in [7, 11) is 0. The molecule has 0 radical (unpaired) electrons. The van der Waals surface area contributed by atoms with Gasteiger partial charge in [-0.3, -0.25) is 4.98 Å². The summed E-state index contributed by atoms with van der Waals surface area (Å²) in [5.41, 5.74) is 6.71. The Morgan fingerprint density at radius 3 is 2.32 bits per heavy atom. The number of hydrogen-bond donors (Lipinski definition) is 1. The summed E-state index contributed by atoms with van der Waals surface area (Å²) < 4.78 is 0. The van der Waals surface area contributed by atoms with Crippen LogP contribution in [0.3, 0.4) is 0 Å². The first-order valence-electron chi connectivity index (χ1n) is 10.3. The van der Waals surface area contributed by atoms with Gasteiger partial charge in [-0.15, -0.1) is 0 Å². The van der Waals surface area contributed by atoms with E-state index in [1.807, 2.05) is 36.7 Å². The highest BCUT2D eigenvalue weighted by molar-refractivity contribution is 6.00. The highest BCUT2D eigenvalue weighted by atomic mass is 16.4. The molecule has 1 N–H and O–H groups in total. The van der Waals surface area contributed by atoms with E-state index in [9.17, 15) is 4.79 Å². The fraction of sp³-hybridized carbons (Fsp3) is 0.0714. The monoisotopic (exact) mass is 405 g/mol. The minimum atomic E-state index is -0.952. The third kappa shape index (κ3) is 4.62. The number of allylic oxidation sites excluding steroid dienone is 1. The van der Waals surface area contributed by atoms with Crippen LogP contribution in [-0.2, 0) is 4.79 Å². The summed E-state index contributed by atoms with van der Waals surface area (Å²) in [6, 6.07) is 27.0. The Labute approximate surface area is 182 Å². The topological polar surface area (TPSA) is 50.2 Å². The molecule has 0 atom stereocenters. The zero-order valence-corrected chi connectivity index (χ0v) is 17.3. The van der Waals surface area contributed by atoms with Crippen molar-refractivity contribution < 1.29 is 9.90 Å². The van der Waals surface area contributed by atoms with Gasteiger partial charge in [-0.25, -0.2) is 4.79 Å². The van der Waals surface area contributed by atoms with Gasteiger partial charge in [-0.2, -0.15) is 0 Å². The van der Waals surface area contributed by atoms with Crippen LogP contribution in [0.2, 0.25) is 0 Å². The van der Waals surface area contributed by atoms with E-state index in [-0.39, 0.29) is 0 Å². The van der Waals surface area contributed by atoms with E-state index < -0.39 is 5.97 Å². The zero-order chi connectivity index (χ0) is 21.6. The molecule has 3 nitrogen and oxygen atoms in total. The van der Waals surface area contributed by atoms with Crippen LogP contribution in [-0.4, -0.2) is 16.1 Å². The van der Waals surface area contributed by atoms with Crippen LogP contribution >= 0.6 is 0 Å². The second kappa shape index (κ2) is 9.23. The van der Waals surface area contributed by atoms with Crippen molar-refractivity contribution in [3.05, 3.63) is 120 Å². The number of carboxylic acid groups (broad SMARTS) is 1. The number of hydrogen-bond acceptors (Lipinski definition) is 2. The summed E-state index contributed by atoms with van der Waals surface area (Å²) in [6.45, 7) is 2.18. The van der Waals surface area contributed by atoms with Gasteiger partial charge in [-0.1, -0.05) is 73.7 Å². The van der Waals surface area contributed by atoms with Crippen LogP contribution in [0.5, 0.6) is 0 Å². The molecule has 31 heavy (non-hydrogen) atoms. The Kier molecular flexibility index (Phi) is 6.04. The molecule has 0 bridgehead atoms. The van der Waals surface area contributed by atoms with Crippen LogP contribution in [0.1, 0.15) is 35.6 Å². The maximum atomic E-state index is 10.8. The molecule has 0 unspecified atom stereocenters. The van der Waals surface area contributed by atoms with Crippen LogP contribution in [0, 0.1) is 0 Å². The van der Waals surface area contributed by atoms with Gasteiger partial charge in [0.15, 0.2) is 0 Å². The first kappa shape index (κ1) is 20.3. The Balaban J connectivity index is 1.90. The van der Waals surface area contributed by atoms with Gasteiger partial charge >= 0.3 is 5.97 Å². The highest BCUT2D eigenvalue weighted by Gasteiger charge is 2.13. The van der Waals surface area contributed by atoms with Crippen LogP contribution < -0.4 is 0 Å². The van der Waals surface area contributed by atoms with Gasteiger partial charge in [0, 0.05) is 23.9 Å². The van der Waals surface area contributed by atoms with Crippen molar-refractivity contribution >= 4 is 34.0 Å². The molecule has 0 spiro atoms. The number of aliphatic carboxylic acids is 1. The van der Waals surface area contributed by atoms with E-state index in [1.165, 1.54) is 16.7 Å². The van der Waals surface area contributed by atoms with Gasteiger partial charge in [0.25, 0.3) is 0 Å². The molecule has 152 valence electrons. The van der Waals surface area contributed by atoms with Gasteiger partial charge in [-0.05, 0) is 63.4 Å². The Bertz CT molecular complexity index is 1270. The van der Waals surface area contributed by atoms with Crippen molar-refractivity contribution in [2.75, 3.05) is 0 Å². The van der Waals surface area contributed by atoms with E-state index in [2.05, 4.69) is 66.5 Å². The van der Waals surface area contributed by atoms with Crippen molar-refractivity contribution in [2.45, 2.75) is 13.3 Å². The molecular formula is C28H23NO2. The summed E-state index contributed by atoms with van der Waals surface area (Å²) >= 11 is 0. The molecule has 3 aromatic carbocycles. The van der Waals surface area contributed by atoms with Crippen molar-refractivity contribution in [3.8, 4) is 0 Å². The van der Waals surface area contributed by atoms with Crippen LogP contribution in [0.25, 0.3) is 28.0 Å². The summed E-state index contributed by atoms with van der Waals surface area (Å²) in [4.78, 5) is 15.1. The predicted molar refractivity (Wildman–Crippen MR) is 128 cm³/mol. The molecule has 1 aromatic heterocycles. The predicted octanol–water partition coefficient (Wildman–Crippen LogP) is 6.70. The largest absolute Gasteiger partial charge is 0.478 e. The molecule has 0 aliphatic heterocycles. The summed E-state index contributed by atoms with van der Waals surface area (Å²) in [5, 5.41) is 11.1. The van der Waals surface area contributed by atoms with E-state index in [4.69, 9.17) is 5.11 Å². The molecule has 0 fully saturated rings. The molecule has 3 heteroatoms. The molecule has 0 aliphatic carbocycles. The van der Waals surface area contributed by atoms with Crippen LogP contribution in [0.15, 0.2) is 97.3 Å². The van der Waals surface area contributed by atoms with Gasteiger partial charge in [0.05, 0.1) is 0 Å². The maximum absolute atomic E-state index is 10.8. The Hall–Kier alpha value is -3.98. The van der Waals surface area contributed by atoms with Crippen molar-refractivity contribution in [1.29, 1.82) is 0 Å². The lowest BCUT2D eigenvalue weighted by molar-refractivity contribution is -0.131. The third-order valence-corrected chi connectivity index (χ3v) is 5.32. The summed E-state index contributed by atoms with van der Waals surface area (Å²) in [6.07, 6.45) is 7.34. The van der Waals surface area contributed by atoms with E-state index >= 15 is 0 Å². The van der Waals surface area contributed by atoms with E-state index in [1.54, 1.807) is 6.08 Å². The minimum absolute atomic E-state index is 0.853. The van der Waals surface area contributed by atoms with Gasteiger partial charge < -0.3 is 5.11 Å².